The Kier molecular flexibility index (Phi) is 4.08. The van der Waals surface area contributed by atoms with Crippen molar-refractivity contribution in [2.24, 2.45) is 0 Å². The monoisotopic (exact) mass is 343 g/mol. The van der Waals surface area contributed by atoms with Crippen molar-refractivity contribution in [1.29, 1.82) is 0 Å². The first-order valence-corrected chi connectivity index (χ1v) is 9.03. The fourth-order valence-corrected chi connectivity index (χ4v) is 3.64. The molecule has 4 rings (SSSR count). The summed E-state index contributed by atoms with van der Waals surface area (Å²) >= 11 is 1.75. The highest BCUT2D eigenvalue weighted by Crippen LogP contribution is 2.30. The number of rotatable bonds is 3. The summed E-state index contributed by atoms with van der Waals surface area (Å²) in [6.07, 6.45) is 0. The van der Waals surface area contributed by atoms with Crippen LogP contribution in [0.15, 0.2) is 78.2 Å². The number of nitrogens with one attached hydrogen (secondary N) is 1. The van der Waals surface area contributed by atoms with Crippen molar-refractivity contribution in [3.8, 4) is 11.1 Å². The topological polar surface area (TPSA) is 29.1 Å². The molecule has 1 amide bonds. The Balaban J connectivity index is 1.67. The first kappa shape index (κ1) is 15.6. The normalized spacial score (nSPS) is 10.8. The molecule has 0 saturated carbocycles. The molecule has 0 radical (unpaired) electrons. The van der Waals surface area contributed by atoms with Gasteiger partial charge < -0.3 is 5.32 Å². The molecule has 25 heavy (non-hydrogen) atoms. The van der Waals surface area contributed by atoms with Gasteiger partial charge in [-0.1, -0.05) is 36.4 Å². The largest absolute Gasteiger partial charge is 0.322 e. The molecular weight excluding hydrogens is 326 g/mol. The maximum absolute atomic E-state index is 12.4. The van der Waals surface area contributed by atoms with Gasteiger partial charge in [0.2, 0.25) is 0 Å². The summed E-state index contributed by atoms with van der Waals surface area (Å²) in [6, 6.07) is 24.1. The van der Waals surface area contributed by atoms with Gasteiger partial charge in [-0.3, -0.25) is 4.79 Å². The Morgan fingerprint density at radius 3 is 2.48 bits per heavy atom. The van der Waals surface area contributed by atoms with Gasteiger partial charge in [0, 0.05) is 16.0 Å². The van der Waals surface area contributed by atoms with Crippen LogP contribution in [-0.2, 0) is 0 Å². The molecule has 1 aromatic heterocycles. The zero-order valence-electron chi connectivity index (χ0n) is 13.8. The third kappa shape index (κ3) is 3.19. The van der Waals surface area contributed by atoms with Crippen molar-refractivity contribution in [1.82, 2.24) is 0 Å². The lowest BCUT2D eigenvalue weighted by Crippen LogP contribution is -2.12. The number of amides is 1. The number of carbonyl (C=O) groups excluding carboxylic acids is 1. The summed E-state index contributed by atoms with van der Waals surface area (Å²) in [5, 5.41) is 6.39. The molecule has 0 aliphatic rings. The zero-order chi connectivity index (χ0) is 17.2. The Morgan fingerprint density at radius 2 is 1.64 bits per heavy atom. The molecule has 4 aromatic rings. The van der Waals surface area contributed by atoms with Gasteiger partial charge in [-0.05, 0) is 70.8 Å². The number of hydrogen-bond acceptors (Lipinski definition) is 2. The molecule has 0 fully saturated rings. The number of thiophene rings is 1. The predicted octanol–water partition coefficient (Wildman–Crippen LogP) is 6.13. The van der Waals surface area contributed by atoms with Gasteiger partial charge in [0.05, 0.1) is 0 Å². The van der Waals surface area contributed by atoms with Crippen LogP contribution in [-0.4, -0.2) is 5.91 Å². The van der Waals surface area contributed by atoms with E-state index in [-0.39, 0.29) is 5.91 Å². The minimum Gasteiger partial charge on any atom is -0.322 e. The van der Waals surface area contributed by atoms with E-state index in [1.54, 1.807) is 11.3 Å². The van der Waals surface area contributed by atoms with Crippen molar-refractivity contribution >= 4 is 33.0 Å². The van der Waals surface area contributed by atoms with Gasteiger partial charge in [-0.2, -0.15) is 0 Å². The second-order valence-corrected chi connectivity index (χ2v) is 6.97. The van der Waals surface area contributed by atoms with E-state index in [2.05, 4.69) is 41.0 Å². The smallest absolute Gasteiger partial charge is 0.255 e. The highest BCUT2D eigenvalue weighted by atomic mass is 32.1. The van der Waals surface area contributed by atoms with Gasteiger partial charge in [-0.25, -0.2) is 0 Å². The standard InChI is InChI=1S/C22H17NOS/c1-15-7-8-18(17-9-10-21-19(13-17)11-12-25-21)14-20(15)23-22(24)16-5-3-2-4-6-16/h2-14H,1H3,(H,23,24). The highest BCUT2D eigenvalue weighted by Gasteiger charge is 2.09. The molecule has 0 atom stereocenters. The van der Waals surface area contributed by atoms with E-state index in [0.717, 1.165) is 22.4 Å². The number of aryl methyl sites for hydroxylation is 1. The van der Waals surface area contributed by atoms with Crippen molar-refractivity contribution < 1.29 is 4.79 Å². The summed E-state index contributed by atoms with van der Waals surface area (Å²) in [5.41, 5.74) is 4.80. The molecule has 3 heteroatoms. The van der Waals surface area contributed by atoms with Gasteiger partial charge in [-0.15, -0.1) is 11.3 Å². The highest BCUT2D eigenvalue weighted by molar-refractivity contribution is 7.17. The molecule has 122 valence electrons. The quantitative estimate of drug-likeness (QED) is 0.476. The van der Waals surface area contributed by atoms with Crippen LogP contribution < -0.4 is 5.32 Å². The van der Waals surface area contributed by atoms with E-state index in [0.29, 0.717) is 5.56 Å². The molecule has 0 bridgehead atoms. The van der Waals surface area contributed by atoms with E-state index in [4.69, 9.17) is 0 Å². The number of hydrogen-bond donors (Lipinski definition) is 1. The minimum atomic E-state index is -0.0888. The molecule has 0 aliphatic heterocycles. The number of benzene rings is 3. The second kappa shape index (κ2) is 6.54. The van der Waals surface area contributed by atoms with Gasteiger partial charge in [0.1, 0.15) is 0 Å². The Morgan fingerprint density at radius 1 is 0.880 bits per heavy atom. The maximum atomic E-state index is 12.4. The first-order chi connectivity index (χ1) is 12.2. The Hall–Kier alpha value is -2.91. The molecular formula is C22H17NOS. The summed E-state index contributed by atoms with van der Waals surface area (Å²) in [7, 11) is 0. The number of carbonyl (C=O) groups is 1. The fraction of sp³-hybridized carbons (Fsp3) is 0.0455. The Bertz CT molecular complexity index is 1050. The van der Waals surface area contributed by atoms with Crippen LogP contribution in [0.2, 0.25) is 0 Å². The van der Waals surface area contributed by atoms with E-state index in [1.807, 2.05) is 49.4 Å². The van der Waals surface area contributed by atoms with Crippen LogP contribution in [0.25, 0.3) is 21.2 Å². The van der Waals surface area contributed by atoms with Crippen LogP contribution in [0.1, 0.15) is 15.9 Å². The minimum absolute atomic E-state index is 0.0888. The van der Waals surface area contributed by atoms with Crippen LogP contribution in [0.3, 0.4) is 0 Å². The second-order valence-electron chi connectivity index (χ2n) is 6.02. The molecule has 1 N–H and O–H groups in total. The molecule has 0 saturated heterocycles. The summed E-state index contributed by atoms with van der Waals surface area (Å²) in [5.74, 6) is -0.0888. The molecule has 0 aliphatic carbocycles. The average Bonchev–Trinajstić information content (AvgIpc) is 3.12. The third-order valence-corrected chi connectivity index (χ3v) is 5.21. The van der Waals surface area contributed by atoms with Crippen molar-refractivity contribution in [3.05, 3.63) is 89.3 Å². The van der Waals surface area contributed by atoms with Crippen LogP contribution >= 0.6 is 11.3 Å². The summed E-state index contributed by atoms with van der Waals surface area (Å²) in [6.45, 7) is 2.01. The van der Waals surface area contributed by atoms with Crippen molar-refractivity contribution in [2.45, 2.75) is 6.92 Å². The SMILES string of the molecule is Cc1ccc(-c2ccc3sccc3c2)cc1NC(=O)c1ccccc1. The van der Waals surface area contributed by atoms with Gasteiger partial charge in [0.15, 0.2) is 0 Å². The fourth-order valence-electron chi connectivity index (χ4n) is 2.87. The van der Waals surface area contributed by atoms with Crippen LogP contribution in [0.5, 0.6) is 0 Å². The molecule has 3 aromatic carbocycles. The number of fused-ring (bicyclic) bond motifs is 1. The molecule has 2 nitrogen and oxygen atoms in total. The van der Waals surface area contributed by atoms with Gasteiger partial charge >= 0.3 is 0 Å². The lowest BCUT2D eigenvalue weighted by atomic mass is 10.0. The van der Waals surface area contributed by atoms with Crippen molar-refractivity contribution in [3.63, 3.8) is 0 Å². The lowest BCUT2D eigenvalue weighted by Gasteiger charge is -2.11. The Labute approximate surface area is 150 Å². The lowest BCUT2D eigenvalue weighted by molar-refractivity contribution is 0.102. The summed E-state index contributed by atoms with van der Waals surface area (Å²) in [4.78, 5) is 12.4. The maximum Gasteiger partial charge on any atom is 0.255 e. The summed E-state index contributed by atoms with van der Waals surface area (Å²) < 4.78 is 1.29. The van der Waals surface area contributed by atoms with E-state index in [9.17, 15) is 4.79 Å². The van der Waals surface area contributed by atoms with Crippen molar-refractivity contribution in [2.75, 3.05) is 5.32 Å². The van der Waals surface area contributed by atoms with E-state index in [1.165, 1.54) is 10.1 Å². The van der Waals surface area contributed by atoms with E-state index >= 15 is 0 Å². The van der Waals surface area contributed by atoms with Crippen LogP contribution in [0.4, 0.5) is 5.69 Å². The first-order valence-electron chi connectivity index (χ1n) is 8.15. The van der Waals surface area contributed by atoms with E-state index < -0.39 is 0 Å². The predicted molar refractivity (Wildman–Crippen MR) is 106 cm³/mol. The number of anilines is 1. The molecule has 1 heterocycles. The molecule has 0 spiro atoms. The zero-order valence-corrected chi connectivity index (χ0v) is 14.6. The average molecular weight is 343 g/mol. The van der Waals surface area contributed by atoms with Gasteiger partial charge in [0.25, 0.3) is 5.91 Å². The molecule has 0 unspecified atom stereocenters. The van der Waals surface area contributed by atoms with Crippen LogP contribution in [0, 0.1) is 6.92 Å². The third-order valence-electron chi connectivity index (χ3n) is 4.31.